The van der Waals surface area contributed by atoms with E-state index in [-0.39, 0.29) is 29.7 Å². The number of nitro benzene ring substituents is 1. The smallest absolute Gasteiger partial charge is 0.269 e. The number of benzene rings is 2. The van der Waals surface area contributed by atoms with Crippen LogP contribution >= 0.6 is 11.8 Å². The van der Waals surface area contributed by atoms with Crippen molar-refractivity contribution in [3.8, 4) is 5.75 Å². The van der Waals surface area contributed by atoms with Crippen LogP contribution in [0.4, 0.5) is 17.1 Å². The first-order valence-electron chi connectivity index (χ1n) is 10.4. The van der Waals surface area contributed by atoms with Crippen LogP contribution in [0.2, 0.25) is 0 Å². The lowest BCUT2D eigenvalue weighted by atomic mass is 10.2. The number of non-ortho nitro benzene ring substituents is 1. The van der Waals surface area contributed by atoms with Gasteiger partial charge in [-0.3, -0.25) is 19.7 Å². The second-order valence-corrected chi connectivity index (χ2v) is 8.29. The zero-order chi connectivity index (χ0) is 25.4. The van der Waals surface area contributed by atoms with E-state index in [0.717, 1.165) is 11.8 Å². The molecule has 3 aromatic rings. The van der Waals surface area contributed by atoms with Gasteiger partial charge >= 0.3 is 0 Å². The van der Waals surface area contributed by atoms with Crippen molar-refractivity contribution in [3.63, 3.8) is 0 Å². The fraction of sp³-hybridized carbons (Fsp3) is 0.217. The van der Waals surface area contributed by atoms with Crippen LogP contribution in [-0.4, -0.2) is 44.4 Å². The summed E-state index contributed by atoms with van der Waals surface area (Å²) >= 11 is 1.16. The highest BCUT2D eigenvalue weighted by molar-refractivity contribution is 7.99. The molecular weight excluding hydrogens is 472 g/mol. The normalized spacial score (nSPS) is 10.5. The molecule has 35 heavy (non-hydrogen) atoms. The molecule has 182 valence electrons. The molecular formula is C23H24N6O5S. The third kappa shape index (κ3) is 6.90. The first kappa shape index (κ1) is 25.4. The molecule has 0 fully saturated rings. The van der Waals surface area contributed by atoms with Crippen molar-refractivity contribution in [1.82, 2.24) is 14.8 Å². The molecule has 0 bridgehead atoms. The lowest BCUT2D eigenvalue weighted by Gasteiger charge is -2.10. The summed E-state index contributed by atoms with van der Waals surface area (Å²) < 4.78 is 6.83. The number of methoxy groups -OCH3 is 1. The van der Waals surface area contributed by atoms with Crippen molar-refractivity contribution < 1.29 is 19.2 Å². The number of thioether (sulfide) groups is 1. The van der Waals surface area contributed by atoms with Crippen LogP contribution in [0.15, 0.2) is 60.3 Å². The summed E-state index contributed by atoms with van der Waals surface area (Å²) in [7, 11) is 1.57. The van der Waals surface area contributed by atoms with Crippen molar-refractivity contribution in [1.29, 1.82) is 0 Å². The summed E-state index contributed by atoms with van der Waals surface area (Å²) in [6.07, 6.45) is 1.64. The first-order chi connectivity index (χ1) is 16.8. The molecule has 0 atom stereocenters. The minimum Gasteiger partial charge on any atom is -0.497 e. The Bertz CT molecular complexity index is 1240. The van der Waals surface area contributed by atoms with Gasteiger partial charge in [0.05, 0.1) is 24.2 Å². The molecule has 11 nitrogen and oxygen atoms in total. The highest BCUT2D eigenvalue weighted by Crippen LogP contribution is 2.23. The summed E-state index contributed by atoms with van der Waals surface area (Å²) in [6.45, 7) is 5.78. The van der Waals surface area contributed by atoms with Gasteiger partial charge in [-0.25, -0.2) is 0 Å². The average Bonchev–Trinajstić information content (AvgIpc) is 3.20. The Morgan fingerprint density at radius 1 is 1.17 bits per heavy atom. The Morgan fingerprint density at radius 3 is 2.54 bits per heavy atom. The second-order valence-electron chi connectivity index (χ2n) is 7.34. The molecule has 3 rings (SSSR count). The van der Waals surface area contributed by atoms with Crippen LogP contribution in [0.1, 0.15) is 11.4 Å². The van der Waals surface area contributed by atoms with Gasteiger partial charge in [0.25, 0.3) is 5.69 Å². The number of anilines is 2. The molecule has 0 saturated heterocycles. The van der Waals surface area contributed by atoms with Crippen molar-refractivity contribution >= 4 is 40.6 Å². The number of ether oxygens (including phenoxy) is 1. The third-order valence-electron chi connectivity index (χ3n) is 4.82. The zero-order valence-corrected chi connectivity index (χ0v) is 20.0. The molecule has 0 aliphatic carbocycles. The van der Waals surface area contributed by atoms with Gasteiger partial charge in [-0.05, 0) is 42.8 Å². The summed E-state index contributed by atoms with van der Waals surface area (Å²) in [4.78, 5) is 35.3. The van der Waals surface area contributed by atoms with Gasteiger partial charge in [0, 0.05) is 30.1 Å². The molecule has 0 aliphatic rings. The lowest BCUT2D eigenvalue weighted by Crippen LogP contribution is -2.18. The van der Waals surface area contributed by atoms with E-state index in [1.807, 2.05) is 0 Å². The number of hydrogen-bond donors (Lipinski definition) is 2. The minimum absolute atomic E-state index is 0.0123. The predicted octanol–water partition coefficient (Wildman–Crippen LogP) is 3.60. The quantitative estimate of drug-likeness (QED) is 0.177. The molecule has 0 saturated carbocycles. The fourth-order valence-corrected chi connectivity index (χ4v) is 3.88. The second kappa shape index (κ2) is 11.8. The molecule has 0 aliphatic heterocycles. The van der Waals surface area contributed by atoms with Crippen molar-refractivity contribution in [3.05, 3.63) is 76.6 Å². The van der Waals surface area contributed by atoms with E-state index in [4.69, 9.17) is 4.74 Å². The molecule has 2 amide bonds. The maximum atomic E-state index is 12.5. The highest BCUT2D eigenvalue weighted by Gasteiger charge is 2.17. The van der Waals surface area contributed by atoms with E-state index >= 15 is 0 Å². The number of nitrogens with one attached hydrogen (secondary N) is 2. The molecule has 12 heteroatoms. The number of allylic oxidation sites excluding steroid dienone is 1. The zero-order valence-electron chi connectivity index (χ0n) is 19.2. The maximum absolute atomic E-state index is 12.5. The van der Waals surface area contributed by atoms with Crippen LogP contribution in [-0.2, 0) is 22.6 Å². The fourth-order valence-electron chi connectivity index (χ4n) is 3.11. The number of amides is 2. The largest absolute Gasteiger partial charge is 0.497 e. The number of hydrogen-bond acceptors (Lipinski definition) is 8. The Labute approximate surface area is 205 Å². The van der Waals surface area contributed by atoms with Crippen LogP contribution in [0.25, 0.3) is 0 Å². The van der Waals surface area contributed by atoms with Crippen LogP contribution < -0.4 is 15.4 Å². The van der Waals surface area contributed by atoms with Crippen molar-refractivity contribution in [2.75, 3.05) is 23.5 Å². The number of carbonyl (C=O) groups excluding carboxylic acids is 2. The number of nitrogens with zero attached hydrogens (tertiary/aromatic N) is 4. The Balaban J connectivity index is 1.61. The Kier molecular flexibility index (Phi) is 8.57. The molecule has 2 aromatic carbocycles. The van der Waals surface area contributed by atoms with Crippen LogP contribution in [0.3, 0.4) is 0 Å². The van der Waals surface area contributed by atoms with Crippen molar-refractivity contribution in [2.24, 2.45) is 0 Å². The molecule has 0 radical (unpaired) electrons. The van der Waals surface area contributed by atoms with E-state index < -0.39 is 4.92 Å². The topological polar surface area (TPSA) is 141 Å². The lowest BCUT2D eigenvalue weighted by molar-refractivity contribution is -0.384. The molecule has 1 heterocycles. The number of nitro groups is 1. The Hall–Kier alpha value is -4.19. The van der Waals surface area contributed by atoms with Gasteiger partial charge in [-0.15, -0.1) is 16.8 Å². The summed E-state index contributed by atoms with van der Waals surface area (Å²) in [5, 5.41) is 25.1. The number of aryl methyl sites for hydroxylation is 1. The van der Waals surface area contributed by atoms with Crippen LogP contribution in [0.5, 0.6) is 5.75 Å². The maximum Gasteiger partial charge on any atom is 0.269 e. The Morgan fingerprint density at radius 2 is 1.91 bits per heavy atom. The molecule has 2 N–H and O–H groups in total. The monoisotopic (exact) mass is 496 g/mol. The predicted molar refractivity (Wildman–Crippen MR) is 133 cm³/mol. The minimum atomic E-state index is -0.490. The number of carbonyl (C=O) groups is 2. The van der Waals surface area contributed by atoms with Gasteiger partial charge in [-0.2, -0.15) is 0 Å². The summed E-state index contributed by atoms with van der Waals surface area (Å²) in [6, 6.07) is 11.2. The van der Waals surface area contributed by atoms with E-state index in [0.29, 0.717) is 40.2 Å². The van der Waals surface area contributed by atoms with E-state index in [1.54, 1.807) is 48.9 Å². The van der Waals surface area contributed by atoms with Crippen molar-refractivity contribution in [2.45, 2.75) is 25.0 Å². The van der Waals surface area contributed by atoms with Gasteiger partial charge in [0.2, 0.25) is 11.8 Å². The number of aromatic nitrogens is 3. The van der Waals surface area contributed by atoms with Gasteiger partial charge in [0.1, 0.15) is 11.6 Å². The summed E-state index contributed by atoms with van der Waals surface area (Å²) in [5.74, 6) is 0.576. The molecule has 1 aromatic heterocycles. The highest BCUT2D eigenvalue weighted by atomic mass is 32.2. The van der Waals surface area contributed by atoms with Crippen LogP contribution in [0, 0.1) is 17.0 Å². The van der Waals surface area contributed by atoms with E-state index in [2.05, 4.69) is 27.4 Å². The summed E-state index contributed by atoms with van der Waals surface area (Å²) in [5.41, 5.74) is 1.65. The standard InChI is InChI=1S/C23H24N6O5S/c1-4-11-28-20(13-21(30)24-16-5-8-18(34-3)9-6-16)26-27-23(28)35-14-22(31)25-19-10-7-17(29(32)33)12-15(19)2/h4-10,12H,1,11,13-14H2,2-3H3,(H,24,30)(H,25,31). The van der Waals surface area contributed by atoms with Gasteiger partial charge in [-0.1, -0.05) is 17.8 Å². The average molecular weight is 497 g/mol. The molecule has 0 spiro atoms. The van der Waals surface area contributed by atoms with E-state index in [9.17, 15) is 19.7 Å². The number of rotatable bonds is 11. The van der Waals surface area contributed by atoms with Gasteiger partial charge < -0.3 is 19.9 Å². The van der Waals surface area contributed by atoms with Gasteiger partial charge in [0.15, 0.2) is 5.16 Å². The van der Waals surface area contributed by atoms with E-state index in [1.165, 1.54) is 18.2 Å². The third-order valence-corrected chi connectivity index (χ3v) is 5.79. The SMILES string of the molecule is C=CCn1c(CC(=O)Nc2ccc(OC)cc2)nnc1SCC(=O)Nc1ccc([N+](=O)[O-])cc1C. The first-order valence-corrected chi connectivity index (χ1v) is 11.4. The molecule has 0 unspecified atom stereocenters.